The number of ether oxygens (including phenoxy) is 1. The molecule has 0 heterocycles. The van der Waals surface area contributed by atoms with Crippen LogP contribution in [0.15, 0.2) is 42.5 Å². The lowest BCUT2D eigenvalue weighted by atomic mass is 10.1. The van der Waals surface area contributed by atoms with Gasteiger partial charge in [0, 0.05) is 17.1 Å². The molecule has 6 heteroatoms. The summed E-state index contributed by atoms with van der Waals surface area (Å²) >= 11 is 5.90. The number of carbonyl (C=O) groups is 2. The molecule has 0 spiro atoms. The minimum atomic E-state index is -0.663. The summed E-state index contributed by atoms with van der Waals surface area (Å²) in [7, 11) is 0. The summed E-state index contributed by atoms with van der Waals surface area (Å²) in [5.41, 5.74) is 7.29. The van der Waals surface area contributed by atoms with E-state index in [4.69, 9.17) is 22.1 Å². The van der Waals surface area contributed by atoms with Gasteiger partial charge in [0.1, 0.15) is 5.75 Å². The van der Waals surface area contributed by atoms with Gasteiger partial charge in [0.2, 0.25) is 5.91 Å². The maximum absolute atomic E-state index is 12.2. The third-order valence-corrected chi connectivity index (χ3v) is 3.72. The first-order valence-corrected chi connectivity index (χ1v) is 7.84. The van der Waals surface area contributed by atoms with Crippen LogP contribution in [0.3, 0.4) is 0 Å². The van der Waals surface area contributed by atoms with Crippen molar-refractivity contribution in [2.24, 2.45) is 5.73 Å². The lowest BCUT2D eigenvalue weighted by Gasteiger charge is -2.16. The summed E-state index contributed by atoms with van der Waals surface area (Å²) < 4.78 is 5.67. The van der Waals surface area contributed by atoms with Crippen LogP contribution < -0.4 is 15.8 Å². The third-order valence-electron chi connectivity index (χ3n) is 3.49. The second kappa shape index (κ2) is 7.84. The third kappa shape index (κ3) is 4.73. The van der Waals surface area contributed by atoms with Crippen LogP contribution >= 0.6 is 11.6 Å². The molecule has 2 amide bonds. The Morgan fingerprint density at radius 3 is 2.67 bits per heavy atom. The topological polar surface area (TPSA) is 81.4 Å². The van der Waals surface area contributed by atoms with Gasteiger partial charge in [-0.15, -0.1) is 0 Å². The molecule has 24 heavy (non-hydrogen) atoms. The Balaban J connectivity index is 1.94. The molecular weight excluding hydrogens is 328 g/mol. The fourth-order valence-corrected chi connectivity index (χ4v) is 2.38. The van der Waals surface area contributed by atoms with Gasteiger partial charge in [-0.2, -0.15) is 0 Å². The van der Waals surface area contributed by atoms with E-state index >= 15 is 0 Å². The van der Waals surface area contributed by atoms with Crippen LogP contribution in [-0.4, -0.2) is 17.9 Å². The number of amides is 2. The molecule has 0 fully saturated rings. The average molecular weight is 347 g/mol. The molecule has 0 aliphatic heterocycles. The molecule has 126 valence electrons. The first kappa shape index (κ1) is 17.8. The van der Waals surface area contributed by atoms with E-state index in [-0.39, 0.29) is 12.5 Å². The van der Waals surface area contributed by atoms with Crippen LogP contribution in [0.25, 0.3) is 0 Å². The van der Waals surface area contributed by atoms with Crippen LogP contribution in [-0.2, 0) is 11.3 Å². The summed E-state index contributed by atoms with van der Waals surface area (Å²) in [6.07, 6.45) is -0.663. The van der Waals surface area contributed by atoms with E-state index in [0.717, 1.165) is 11.1 Å². The zero-order chi connectivity index (χ0) is 17.7. The van der Waals surface area contributed by atoms with Gasteiger partial charge >= 0.3 is 0 Å². The van der Waals surface area contributed by atoms with E-state index in [9.17, 15) is 9.59 Å². The number of aryl methyl sites for hydroxylation is 1. The Kier molecular flexibility index (Phi) is 5.82. The van der Waals surface area contributed by atoms with E-state index < -0.39 is 12.0 Å². The highest BCUT2D eigenvalue weighted by Gasteiger charge is 2.15. The first-order chi connectivity index (χ1) is 11.4. The maximum atomic E-state index is 12.2. The fraction of sp³-hybridized carbons (Fsp3) is 0.222. The standard InChI is InChI=1S/C18H19ClN2O3/c1-11-8-15(19)6-7-16(11)24-12(2)18(23)21-10-13-4-3-5-14(9-13)17(20)22/h3-9,12H,10H2,1-2H3,(H2,20,22)(H,21,23)/t12-/m0/s1. The number of nitrogens with two attached hydrogens (primary N) is 1. The van der Waals surface area contributed by atoms with Gasteiger partial charge in [-0.25, -0.2) is 0 Å². The van der Waals surface area contributed by atoms with Crippen LogP contribution in [0.5, 0.6) is 5.75 Å². The molecule has 3 N–H and O–H groups in total. The van der Waals surface area contributed by atoms with E-state index in [1.165, 1.54) is 0 Å². The van der Waals surface area contributed by atoms with Gasteiger partial charge in [0.05, 0.1) is 0 Å². The first-order valence-electron chi connectivity index (χ1n) is 7.46. The normalized spacial score (nSPS) is 11.6. The molecule has 0 bridgehead atoms. The number of nitrogens with one attached hydrogen (secondary N) is 1. The van der Waals surface area contributed by atoms with Crippen molar-refractivity contribution in [1.29, 1.82) is 0 Å². The highest BCUT2D eigenvalue weighted by atomic mass is 35.5. The Labute approximate surface area is 145 Å². The van der Waals surface area contributed by atoms with Crippen LogP contribution in [0.4, 0.5) is 0 Å². The van der Waals surface area contributed by atoms with E-state index in [1.54, 1.807) is 43.3 Å². The second-order valence-corrected chi connectivity index (χ2v) is 5.89. The molecular formula is C18H19ClN2O3. The number of benzene rings is 2. The molecule has 5 nitrogen and oxygen atoms in total. The fourth-order valence-electron chi connectivity index (χ4n) is 2.16. The van der Waals surface area contributed by atoms with Gasteiger partial charge in [0.25, 0.3) is 5.91 Å². The summed E-state index contributed by atoms with van der Waals surface area (Å²) in [4.78, 5) is 23.3. The molecule has 0 radical (unpaired) electrons. The van der Waals surface area contributed by atoms with Crippen molar-refractivity contribution in [3.8, 4) is 5.75 Å². The zero-order valence-corrected chi connectivity index (χ0v) is 14.3. The predicted molar refractivity (Wildman–Crippen MR) is 93.1 cm³/mol. The lowest BCUT2D eigenvalue weighted by Crippen LogP contribution is -2.36. The Hall–Kier alpha value is -2.53. The van der Waals surface area contributed by atoms with Gasteiger partial charge in [-0.1, -0.05) is 23.7 Å². The smallest absolute Gasteiger partial charge is 0.261 e. The quantitative estimate of drug-likeness (QED) is 0.843. The molecule has 0 aliphatic carbocycles. The van der Waals surface area contributed by atoms with Crippen molar-refractivity contribution in [3.63, 3.8) is 0 Å². The van der Waals surface area contributed by atoms with Crippen molar-refractivity contribution in [1.82, 2.24) is 5.32 Å². The molecule has 0 aromatic heterocycles. The van der Waals surface area contributed by atoms with Crippen molar-refractivity contribution >= 4 is 23.4 Å². The van der Waals surface area contributed by atoms with Gasteiger partial charge in [-0.3, -0.25) is 9.59 Å². The summed E-state index contributed by atoms with van der Waals surface area (Å²) in [6.45, 7) is 3.82. The highest BCUT2D eigenvalue weighted by molar-refractivity contribution is 6.30. The van der Waals surface area contributed by atoms with E-state index in [1.807, 2.05) is 13.0 Å². The molecule has 2 aromatic carbocycles. The predicted octanol–water partition coefficient (Wildman–Crippen LogP) is 2.83. The summed E-state index contributed by atoms with van der Waals surface area (Å²) in [5.74, 6) is -0.148. The van der Waals surface area contributed by atoms with Crippen LogP contribution in [0.2, 0.25) is 5.02 Å². The molecule has 0 aliphatic rings. The molecule has 2 rings (SSSR count). The van der Waals surface area contributed by atoms with Crippen molar-refractivity contribution < 1.29 is 14.3 Å². The van der Waals surface area contributed by atoms with Crippen LogP contribution in [0.1, 0.15) is 28.4 Å². The maximum Gasteiger partial charge on any atom is 0.261 e. The monoisotopic (exact) mass is 346 g/mol. The minimum Gasteiger partial charge on any atom is -0.481 e. The Morgan fingerprint density at radius 1 is 1.25 bits per heavy atom. The van der Waals surface area contributed by atoms with Crippen molar-refractivity contribution in [2.75, 3.05) is 0 Å². The second-order valence-electron chi connectivity index (χ2n) is 5.45. The van der Waals surface area contributed by atoms with Crippen molar-refractivity contribution in [2.45, 2.75) is 26.5 Å². The Bertz CT molecular complexity index is 762. The Morgan fingerprint density at radius 2 is 2.00 bits per heavy atom. The number of carbonyl (C=O) groups excluding carboxylic acids is 2. The molecule has 0 unspecified atom stereocenters. The lowest BCUT2D eigenvalue weighted by molar-refractivity contribution is -0.127. The molecule has 0 saturated carbocycles. The number of halogens is 1. The SMILES string of the molecule is Cc1cc(Cl)ccc1O[C@@H](C)C(=O)NCc1cccc(C(N)=O)c1. The summed E-state index contributed by atoms with van der Waals surface area (Å²) in [5, 5.41) is 3.39. The molecule has 2 aromatic rings. The molecule has 1 atom stereocenters. The molecule has 0 saturated heterocycles. The summed E-state index contributed by atoms with van der Waals surface area (Å²) in [6, 6.07) is 12.0. The van der Waals surface area contributed by atoms with Crippen LogP contribution in [0, 0.1) is 6.92 Å². The van der Waals surface area contributed by atoms with Gasteiger partial charge in [0.15, 0.2) is 6.10 Å². The van der Waals surface area contributed by atoms with Gasteiger partial charge < -0.3 is 15.8 Å². The number of rotatable bonds is 6. The number of hydrogen-bond acceptors (Lipinski definition) is 3. The average Bonchev–Trinajstić information content (AvgIpc) is 2.55. The van der Waals surface area contributed by atoms with E-state index in [0.29, 0.717) is 16.3 Å². The highest BCUT2D eigenvalue weighted by Crippen LogP contribution is 2.22. The zero-order valence-electron chi connectivity index (χ0n) is 13.5. The van der Waals surface area contributed by atoms with E-state index in [2.05, 4.69) is 5.32 Å². The minimum absolute atomic E-state index is 0.256. The number of primary amides is 1. The van der Waals surface area contributed by atoms with Crippen molar-refractivity contribution in [3.05, 3.63) is 64.2 Å². The number of hydrogen-bond donors (Lipinski definition) is 2. The largest absolute Gasteiger partial charge is 0.481 e. The van der Waals surface area contributed by atoms with Gasteiger partial charge in [-0.05, 0) is 55.3 Å².